The third kappa shape index (κ3) is 75.4. The van der Waals surface area contributed by atoms with Crippen LogP contribution in [0, 0.1) is 121 Å². The van der Waals surface area contributed by atoms with E-state index in [9.17, 15) is 43.8 Å². The maximum Gasteiger partial charge on any atom is 0.139 e. The molecule has 7 aliphatic rings. The minimum atomic E-state index is -0.243. The van der Waals surface area contributed by atoms with Crippen LogP contribution < -0.4 is 0 Å². The summed E-state index contributed by atoms with van der Waals surface area (Å²) in [5, 5.41) is 55.2. The Hall–Kier alpha value is 1.58. The van der Waals surface area contributed by atoms with E-state index in [0.717, 1.165) is 205 Å². The number of hydrogen-bond donors (Lipinski definition) is 6. The minimum Gasteiger partial charge on any atom is -0.397 e. The van der Waals surface area contributed by atoms with Crippen LogP contribution in [-0.2, 0) is 160 Å². The summed E-state index contributed by atoms with van der Waals surface area (Å²) >= 11 is 0. The largest absolute Gasteiger partial charge is 0.397 e. The van der Waals surface area contributed by atoms with Crippen LogP contribution in [0.2, 0.25) is 0 Å². The van der Waals surface area contributed by atoms with Crippen molar-refractivity contribution in [3.05, 3.63) is 20.8 Å². The zero-order valence-electron chi connectivity index (χ0n) is 79.9. The van der Waals surface area contributed by atoms with Gasteiger partial charge >= 0.3 is 0 Å². The van der Waals surface area contributed by atoms with E-state index in [1.54, 1.807) is 6.92 Å². The van der Waals surface area contributed by atoms with Gasteiger partial charge in [0, 0.05) is 199 Å². The number of ketones is 5. The normalized spacial score (nSPS) is 26.0. The molecule has 0 aromatic rings. The summed E-state index contributed by atoms with van der Waals surface area (Å²) in [6.07, 6.45) is 45.8. The fourth-order valence-electron chi connectivity index (χ4n) is 15.4. The summed E-state index contributed by atoms with van der Waals surface area (Å²) < 4.78 is 0. The first kappa shape index (κ1) is 148. The van der Waals surface area contributed by atoms with Crippen molar-refractivity contribution in [1.29, 1.82) is 0 Å². The van der Waals surface area contributed by atoms with Crippen molar-refractivity contribution < 1.29 is 191 Å². The Balaban J connectivity index is -0.0000000947. The molecular formula is C99H195O13W6-3. The van der Waals surface area contributed by atoms with Gasteiger partial charge < -0.3 is 70.6 Å². The molecule has 0 amide bonds. The van der Waals surface area contributed by atoms with Crippen LogP contribution in [0.15, 0.2) is 0 Å². The maximum absolute atomic E-state index is 12.3. The second-order valence-corrected chi connectivity index (χ2v) is 33.8. The molecule has 20 unspecified atom stereocenters. The molecule has 7 saturated carbocycles. The smallest absolute Gasteiger partial charge is 0.139 e. The second-order valence-electron chi connectivity index (χ2n) is 33.8. The second kappa shape index (κ2) is 101. The van der Waals surface area contributed by atoms with Crippen molar-refractivity contribution in [3.63, 3.8) is 0 Å². The first-order valence-electron chi connectivity index (χ1n) is 46.8. The molecule has 0 bridgehead atoms. The third-order valence-corrected chi connectivity index (χ3v) is 24.5. The zero-order chi connectivity index (χ0) is 86.4. The molecule has 118 heavy (non-hydrogen) atoms. The summed E-state index contributed by atoms with van der Waals surface area (Å²) in [6, 6.07) is 0. The van der Waals surface area contributed by atoms with Crippen molar-refractivity contribution in [2.24, 2.45) is 101 Å². The maximum atomic E-state index is 12.3. The Labute approximate surface area is 819 Å². The average molecular weight is 2700 g/mol. The Morgan fingerprint density at radius 2 is 0.593 bits per heavy atom. The number of aliphatic hydroxyl groups is 6. The zero-order valence-corrected chi connectivity index (χ0v) is 97.5. The standard InChI is InChI=1S/C16H29O2.C16H25O2.2C10H18O.C8H13O.2C8H18O.C6H14.C5H12O.2C3H6O.C3H8.C2H6O.CH4.6W/c2*1-3-12-7-5-9-14(16(12)18)10-13-8-4-6-11(2)15(13)17;2*1-3-8-6-5-7-9(4-2)10(8)11;1-6-4-3-5-7(2)8(6)9;2*1-4-7(3)6-8(9)5-2;1-4-6(3)5-2;1-3-5(6)4-2;2*1-2-3-4;1-3-2;1-2-3;;;;;;;/h11-18H,2-10H2,1H3;11-14H,2-10H2,1H3;2*8-9H,3-7H2,1-2H3;6-7H,1,3-5H2,2H3;2*7-9H,4-6H2,1-3H3;6H,4-5H2,1-3H3;5-6H,3-4H2,1-2H3;2*3H,2H2,1H3;3H2,1-2H3;3H,2H2,1H3;1H4;;;;;;/q2*-1;;;-1;;;;;;;;;;;;;;;. The number of rotatable bonds is 24. The fraction of sp³-hybridized carbons (Fsp3) is 0.899. The summed E-state index contributed by atoms with van der Waals surface area (Å²) in [5.41, 5.74) is 0. The van der Waals surface area contributed by atoms with E-state index < -0.39 is 0 Å². The average Bonchev–Trinajstić information content (AvgIpc) is 0.836. The topological polar surface area (TPSA) is 241 Å². The molecule has 0 spiro atoms. The van der Waals surface area contributed by atoms with Crippen LogP contribution in [0.4, 0.5) is 0 Å². The Morgan fingerprint density at radius 1 is 0.339 bits per heavy atom. The molecular weight excluding hydrogens is 2500 g/mol. The van der Waals surface area contributed by atoms with E-state index >= 15 is 0 Å². The first-order valence-corrected chi connectivity index (χ1v) is 46.8. The summed E-state index contributed by atoms with van der Waals surface area (Å²) in [6.45, 7) is 59.8. The molecule has 0 radical (unpaired) electrons. The predicted octanol–water partition coefficient (Wildman–Crippen LogP) is 25.4. The van der Waals surface area contributed by atoms with Gasteiger partial charge in [-0.25, -0.2) is 0 Å². The quantitative estimate of drug-likeness (QED) is 0.0390. The van der Waals surface area contributed by atoms with E-state index in [1.807, 2.05) is 48.5 Å². The fourth-order valence-corrected chi connectivity index (χ4v) is 15.4. The van der Waals surface area contributed by atoms with Gasteiger partial charge in [0.2, 0.25) is 0 Å². The number of aldehydes is 2. The van der Waals surface area contributed by atoms with Crippen molar-refractivity contribution in [2.45, 2.75) is 467 Å². The molecule has 0 saturated heterocycles. The summed E-state index contributed by atoms with van der Waals surface area (Å²) in [5.74, 6) is 8.43. The van der Waals surface area contributed by atoms with Gasteiger partial charge in [-0.05, 0) is 197 Å². The van der Waals surface area contributed by atoms with Crippen LogP contribution >= 0.6 is 0 Å². The molecule has 13 nitrogen and oxygen atoms in total. The third-order valence-electron chi connectivity index (χ3n) is 24.5. The Kier molecular flexibility index (Phi) is 126. The van der Waals surface area contributed by atoms with E-state index in [2.05, 4.69) is 125 Å². The molecule has 0 heterocycles. The Morgan fingerprint density at radius 3 is 0.856 bits per heavy atom. The molecule has 0 aromatic heterocycles. The van der Waals surface area contributed by atoms with Gasteiger partial charge in [0.1, 0.15) is 41.5 Å². The number of carbonyl (C=O) groups is 7. The SMILES string of the molecule is C.CCC.CCC(C)CC.CCC(C)CC(O)CC.CCC(C)CC(O)CC.CCC(O)CC.CCC1CCCC(CC)C1=O.CCC1CCCC(CC)C1=O.CCC=O.CCC=O.CCO.[CH2-]C1CCCC(C)C1=O.[CH2-]C1CCCC(CC2CCCC(CC)C2=O)C1=O.[CH2-]C1CCCC(CC2CCCC(CC)C2O)C1O.[W].[W].[W].[W].[W].[W]. The van der Waals surface area contributed by atoms with Crippen LogP contribution in [0.3, 0.4) is 0 Å². The van der Waals surface area contributed by atoms with Gasteiger partial charge in [-0.15, -0.1) is 17.8 Å². The Bertz CT molecular complexity index is 2010. The number of aliphatic hydroxyl groups excluding tert-OH is 6. The summed E-state index contributed by atoms with van der Waals surface area (Å²) in [7, 11) is 0. The van der Waals surface area contributed by atoms with Crippen molar-refractivity contribution in [1.82, 2.24) is 0 Å². The van der Waals surface area contributed by atoms with Gasteiger partial charge in [-0.3, -0.25) is 14.4 Å². The van der Waals surface area contributed by atoms with Crippen molar-refractivity contribution in [3.8, 4) is 0 Å². The molecule has 7 aliphatic carbocycles. The number of hydrogen-bond acceptors (Lipinski definition) is 13. The van der Waals surface area contributed by atoms with Crippen molar-refractivity contribution in [2.75, 3.05) is 6.61 Å². The summed E-state index contributed by atoms with van der Waals surface area (Å²) in [4.78, 5) is 77.0. The molecule has 708 valence electrons. The van der Waals surface area contributed by atoms with Crippen molar-refractivity contribution >= 4 is 41.5 Å². The van der Waals surface area contributed by atoms with Crippen LogP contribution in [0.25, 0.3) is 0 Å². The monoisotopic (exact) mass is 2700 g/mol. The van der Waals surface area contributed by atoms with Gasteiger partial charge in [-0.2, -0.15) is 0 Å². The first-order chi connectivity index (χ1) is 52.7. The molecule has 7 rings (SSSR count). The van der Waals surface area contributed by atoms with E-state index in [-0.39, 0.29) is 212 Å². The van der Waals surface area contributed by atoms with Gasteiger partial charge in [-0.1, -0.05) is 262 Å². The van der Waals surface area contributed by atoms with E-state index in [1.165, 1.54) is 70.6 Å². The number of Topliss-reactive ketones (excluding diaryl/α,β-unsaturated/α-hetero) is 5. The molecule has 7 fully saturated rings. The molecule has 6 N–H and O–H groups in total. The van der Waals surface area contributed by atoms with E-state index in [4.69, 9.17) is 20.4 Å². The van der Waals surface area contributed by atoms with Gasteiger partial charge in [0.05, 0.1) is 24.4 Å². The molecule has 0 aromatic carbocycles. The molecule has 19 heteroatoms. The van der Waals surface area contributed by atoms with Gasteiger partial charge in [0.15, 0.2) is 0 Å². The van der Waals surface area contributed by atoms with Crippen LogP contribution in [0.5, 0.6) is 0 Å². The predicted molar refractivity (Wildman–Crippen MR) is 481 cm³/mol. The van der Waals surface area contributed by atoms with Crippen LogP contribution in [-0.4, -0.2) is 109 Å². The van der Waals surface area contributed by atoms with Gasteiger partial charge in [0.25, 0.3) is 0 Å². The minimum absolute atomic E-state index is 0. The molecule has 0 aliphatic heterocycles. The number of carbonyl (C=O) groups excluding carboxylic acids is 7. The van der Waals surface area contributed by atoms with E-state index in [0.29, 0.717) is 95.0 Å². The van der Waals surface area contributed by atoms with Crippen LogP contribution in [0.1, 0.15) is 436 Å². The molecule has 20 atom stereocenters.